The first kappa shape index (κ1) is 17.2. The van der Waals surface area contributed by atoms with Crippen LogP contribution in [0.1, 0.15) is 19.3 Å². The monoisotopic (exact) mass is 363 g/mol. The molecule has 1 N–H and O–H groups in total. The van der Waals surface area contributed by atoms with Crippen molar-refractivity contribution in [3.05, 3.63) is 30.1 Å². The summed E-state index contributed by atoms with van der Waals surface area (Å²) in [5, 5.41) is 2.94. The number of nitrogens with zero attached hydrogens (tertiary/aromatic N) is 2. The molecular formula is C18H22FN3O4. The van der Waals surface area contributed by atoms with E-state index in [9.17, 15) is 14.0 Å². The molecule has 0 radical (unpaired) electrons. The Morgan fingerprint density at radius 1 is 1.15 bits per heavy atom. The lowest BCUT2D eigenvalue weighted by molar-refractivity contribution is -0.181. The molecular weight excluding hydrogens is 341 g/mol. The molecule has 3 saturated heterocycles. The minimum absolute atomic E-state index is 0.0766. The van der Waals surface area contributed by atoms with Crippen molar-refractivity contribution >= 4 is 17.6 Å². The first-order valence-electron chi connectivity index (χ1n) is 8.94. The molecule has 1 atom stereocenters. The Hall–Kier alpha value is -2.19. The lowest BCUT2D eigenvalue weighted by Crippen LogP contribution is -2.52. The van der Waals surface area contributed by atoms with E-state index in [4.69, 9.17) is 9.47 Å². The molecule has 4 rings (SSSR count). The molecule has 0 aliphatic carbocycles. The molecule has 0 saturated carbocycles. The number of piperidine rings is 1. The zero-order chi connectivity index (χ0) is 18.1. The number of halogens is 1. The summed E-state index contributed by atoms with van der Waals surface area (Å²) in [6, 6.07) is 5.37. The van der Waals surface area contributed by atoms with Gasteiger partial charge in [-0.05, 0) is 24.3 Å². The van der Waals surface area contributed by atoms with Crippen molar-refractivity contribution in [2.75, 3.05) is 37.7 Å². The Labute approximate surface area is 151 Å². The van der Waals surface area contributed by atoms with E-state index in [0.29, 0.717) is 51.4 Å². The highest BCUT2D eigenvalue weighted by Crippen LogP contribution is 2.31. The van der Waals surface area contributed by atoms with Crippen LogP contribution < -0.4 is 10.2 Å². The summed E-state index contributed by atoms with van der Waals surface area (Å²) in [4.78, 5) is 28.1. The van der Waals surface area contributed by atoms with Crippen LogP contribution >= 0.6 is 0 Å². The number of anilines is 1. The number of urea groups is 1. The summed E-state index contributed by atoms with van der Waals surface area (Å²) in [5.41, 5.74) is 0.642. The Morgan fingerprint density at radius 3 is 2.46 bits per heavy atom. The molecule has 1 unspecified atom stereocenters. The Bertz CT molecular complexity index is 680. The molecule has 3 heterocycles. The zero-order valence-corrected chi connectivity index (χ0v) is 14.4. The molecule has 1 aromatic rings. The van der Waals surface area contributed by atoms with Gasteiger partial charge in [-0.15, -0.1) is 0 Å². The quantitative estimate of drug-likeness (QED) is 0.864. The predicted octanol–water partition coefficient (Wildman–Crippen LogP) is 1.48. The number of carbonyl (C=O) groups excluding carboxylic acids is 2. The SMILES string of the molecule is O=C(NC1CC(=O)N(c2ccc(F)cc2)C1)N1CCC2(CC1)OCCO2. The lowest BCUT2D eigenvalue weighted by Gasteiger charge is -2.37. The van der Waals surface area contributed by atoms with Crippen molar-refractivity contribution in [2.24, 2.45) is 0 Å². The normalized spacial score (nSPS) is 25.1. The highest BCUT2D eigenvalue weighted by Gasteiger charge is 2.41. The van der Waals surface area contributed by atoms with Gasteiger partial charge in [-0.3, -0.25) is 4.79 Å². The molecule has 0 aromatic heterocycles. The second-order valence-corrected chi connectivity index (χ2v) is 6.93. The average Bonchev–Trinajstić information content (AvgIpc) is 3.23. The summed E-state index contributed by atoms with van der Waals surface area (Å²) in [6.07, 6.45) is 1.56. The highest BCUT2D eigenvalue weighted by atomic mass is 19.1. The zero-order valence-electron chi connectivity index (χ0n) is 14.4. The predicted molar refractivity (Wildman–Crippen MR) is 91.1 cm³/mol. The minimum atomic E-state index is -0.514. The van der Waals surface area contributed by atoms with Gasteiger partial charge >= 0.3 is 6.03 Å². The molecule has 0 bridgehead atoms. The summed E-state index contributed by atoms with van der Waals surface area (Å²) in [7, 11) is 0. The van der Waals surface area contributed by atoms with Gasteiger partial charge in [0.15, 0.2) is 5.79 Å². The molecule has 3 amide bonds. The third-order valence-corrected chi connectivity index (χ3v) is 5.22. The summed E-state index contributed by atoms with van der Waals surface area (Å²) in [5.74, 6) is -0.935. The van der Waals surface area contributed by atoms with Crippen molar-refractivity contribution < 1.29 is 23.5 Å². The number of benzene rings is 1. The fourth-order valence-electron chi connectivity index (χ4n) is 3.78. The first-order valence-corrected chi connectivity index (χ1v) is 8.94. The third kappa shape index (κ3) is 3.39. The second-order valence-electron chi connectivity index (χ2n) is 6.93. The number of ether oxygens (including phenoxy) is 2. The van der Waals surface area contributed by atoms with E-state index in [-0.39, 0.29) is 30.2 Å². The van der Waals surface area contributed by atoms with Crippen molar-refractivity contribution in [1.82, 2.24) is 10.2 Å². The van der Waals surface area contributed by atoms with Gasteiger partial charge in [0, 0.05) is 44.6 Å². The smallest absolute Gasteiger partial charge is 0.317 e. The van der Waals surface area contributed by atoms with Crippen molar-refractivity contribution in [3.8, 4) is 0 Å². The van der Waals surface area contributed by atoms with E-state index in [1.807, 2.05) is 0 Å². The largest absolute Gasteiger partial charge is 0.347 e. The third-order valence-electron chi connectivity index (χ3n) is 5.22. The molecule has 140 valence electrons. The van der Waals surface area contributed by atoms with Crippen LogP contribution in [0.4, 0.5) is 14.9 Å². The number of likely N-dealkylation sites (tertiary alicyclic amines) is 1. The molecule has 7 nitrogen and oxygen atoms in total. The Morgan fingerprint density at radius 2 is 1.81 bits per heavy atom. The standard InChI is InChI=1S/C18H22FN3O4/c19-13-1-3-15(4-2-13)22-12-14(11-16(22)23)20-17(24)21-7-5-18(6-8-21)25-9-10-26-18/h1-4,14H,5-12H2,(H,20,24). The minimum Gasteiger partial charge on any atom is -0.347 e. The van der Waals surface area contributed by atoms with Crippen molar-refractivity contribution in [3.63, 3.8) is 0 Å². The van der Waals surface area contributed by atoms with Crippen LogP contribution in [-0.2, 0) is 14.3 Å². The lowest BCUT2D eigenvalue weighted by atomic mass is 10.0. The van der Waals surface area contributed by atoms with Gasteiger partial charge in [0.2, 0.25) is 5.91 Å². The molecule has 3 fully saturated rings. The van der Waals surface area contributed by atoms with Gasteiger partial charge in [-0.1, -0.05) is 0 Å². The van der Waals surface area contributed by atoms with Gasteiger partial charge in [0.1, 0.15) is 5.82 Å². The molecule has 3 aliphatic heterocycles. The van der Waals surface area contributed by atoms with Crippen LogP contribution in [0.5, 0.6) is 0 Å². The van der Waals surface area contributed by atoms with Gasteiger partial charge in [-0.2, -0.15) is 0 Å². The number of amides is 3. The summed E-state index contributed by atoms with van der Waals surface area (Å²) in [6.45, 7) is 2.73. The summed E-state index contributed by atoms with van der Waals surface area (Å²) >= 11 is 0. The highest BCUT2D eigenvalue weighted by molar-refractivity contribution is 5.96. The molecule has 3 aliphatic rings. The van der Waals surface area contributed by atoms with E-state index in [1.54, 1.807) is 21.9 Å². The first-order chi connectivity index (χ1) is 12.5. The van der Waals surface area contributed by atoms with Gasteiger partial charge in [-0.25, -0.2) is 9.18 Å². The molecule has 1 spiro atoms. The van der Waals surface area contributed by atoms with Crippen LogP contribution in [0.25, 0.3) is 0 Å². The number of rotatable bonds is 2. The summed E-state index contributed by atoms with van der Waals surface area (Å²) < 4.78 is 24.4. The van der Waals surface area contributed by atoms with E-state index >= 15 is 0 Å². The molecule has 8 heteroatoms. The molecule has 1 aromatic carbocycles. The van der Waals surface area contributed by atoms with Crippen LogP contribution in [0.3, 0.4) is 0 Å². The van der Waals surface area contributed by atoms with Gasteiger partial charge in [0.05, 0.1) is 19.3 Å². The molecule has 26 heavy (non-hydrogen) atoms. The Balaban J connectivity index is 1.31. The maximum absolute atomic E-state index is 13.1. The topological polar surface area (TPSA) is 71.1 Å². The fourth-order valence-corrected chi connectivity index (χ4v) is 3.78. The maximum Gasteiger partial charge on any atom is 0.317 e. The average molecular weight is 363 g/mol. The van der Waals surface area contributed by atoms with Gasteiger partial charge in [0.25, 0.3) is 0 Å². The number of carbonyl (C=O) groups is 2. The number of hydrogen-bond acceptors (Lipinski definition) is 4. The van der Waals surface area contributed by atoms with Gasteiger partial charge < -0.3 is 24.6 Å². The van der Waals surface area contributed by atoms with E-state index in [2.05, 4.69) is 5.32 Å². The van der Waals surface area contributed by atoms with Crippen molar-refractivity contribution in [2.45, 2.75) is 31.1 Å². The van der Waals surface area contributed by atoms with Crippen LogP contribution in [0, 0.1) is 5.82 Å². The van der Waals surface area contributed by atoms with Crippen LogP contribution in [-0.4, -0.2) is 61.5 Å². The van der Waals surface area contributed by atoms with E-state index in [0.717, 1.165) is 0 Å². The van der Waals surface area contributed by atoms with Crippen LogP contribution in [0.2, 0.25) is 0 Å². The second kappa shape index (κ2) is 6.85. The number of nitrogens with one attached hydrogen (secondary N) is 1. The van der Waals surface area contributed by atoms with Crippen LogP contribution in [0.15, 0.2) is 24.3 Å². The fraction of sp³-hybridized carbons (Fsp3) is 0.556. The maximum atomic E-state index is 13.1. The Kier molecular flexibility index (Phi) is 4.54. The van der Waals surface area contributed by atoms with Crippen molar-refractivity contribution in [1.29, 1.82) is 0 Å². The van der Waals surface area contributed by atoms with E-state index in [1.165, 1.54) is 12.1 Å². The number of hydrogen-bond donors (Lipinski definition) is 1. The van der Waals surface area contributed by atoms with E-state index < -0.39 is 5.79 Å².